The lowest BCUT2D eigenvalue weighted by molar-refractivity contribution is 0.0658. The number of furan rings is 1. The number of carbonyl (C=O) groups excluding carboxylic acids is 1. The largest absolute Gasteiger partial charge is 0.475 e. The summed E-state index contributed by atoms with van der Waals surface area (Å²) in [6, 6.07) is 0. The summed E-state index contributed by atoms with van der Waals surface area (Å²) >= 11 is 0. The maximum Gasteiger partial charge on any atom is 0.372 e. The number of aryl methyl sites for hydroxylation is 1. The minimum atomic E-state index is -1.08. The van der Waals surface area contributed by atoms with Crippen molar-refractivity contribution in [2.24, 2.45) is 0 Å². The molecule has 0 fully saturated rings. The number of carboxylic acid groups (broad SMARTS) is 1. The molecule has 0 unspecified atom stereocenters. The molecule has 0 saturated heterocycles. The predicted octanol–water partition coefficient (Wildman–Crippen LogP) is 2.06. The summed E-state index contributed by atoms with van der Waals surface area (Å²) in [5, 5.41) is 8.93. The normalized spacial score (nSPS) is 15.1. The summed E-state index contributed by atoms with van der Waals surface area (Å²) in [6.45, 7) is 1.85. The zero-order valence-corrected chi connectivity index (χ0v) is 8.50. The number of rotatable bonds is 2. The van der Waals surface area contributed by atoms with Gasteiger partial charge in [0.2, 0.25) is 5.76 Å². The van der Waals surface area contributed by atoms with Crippen LogP contribution in [0.3, 0.4) is 0 Å². The van der Waals surface area contributed by atoms with Crippen LogP contribution in [0.2, 0.25) is 0 Å². The first-order chi connectivity index (χ1) is 7.15. The Labute approximate surface area is 86.9 Å². The minimum Gasteiger partial charge on any atom is -0.475 e. The molecule has 0 atom stereocenters. The number of Topliss-reactive ketones (excluding diaryl/α,β-unsaturated/α-hetero) is 1. The van der Waals surface area contributed by atoms with Gasteiger partial charge in [-0.05, 0) is 12.8 Å². The highest BCUT2D eigenvalue weighted by atomic mass is 16.4. The standard InChI is InChI=1S/C11H12O4/c1-2-8-9-6(4-3-5-7(9)12)10(15-8)11(13)14/h2-5H2,1H3,(H,13,14). The average Bonchev–Trinajstić information content (AvgIpc) is 2.58. The molecule has 1 aromatic heterocycles. The van der Waals surface area contributed by atoms with Crippen molar-refractivity contribution in [2.75, 3.05) is 0 Å². The van der Waals surface area contributed by atoms with E-state index in [1.54, 1.807) is 0 Å². The lowest BCUT2D eigenvalue weighted by Crippen LogP contribution is -2.12. The van der Waals surface area contributed by atoms with E-state index in [0.717, 1.165) is 6.42 Å². The van der Waals surface area contributed by atoms with Crippen molar-refractivity contribution in [1.82, 2.24) is 0 Å². The molecule has 1 aromatic rings. The van der Waals surface area contributed by atoms with Gasteiger partial charge in [0.25, 0.3) is 0 Å². The molecule has 0 spiro atoms. The summed E-state index contributed by atoms with van der Waals surface area (Å²) in [5.41, 5.74) is 1.12. The molecule has 0 aromatic carbocycles. The van der Waals surface area contributed by atoms with E-state index in [2.05, 4.69) is 0 Å². The molecule has 0 saturated carbocycles. The third kappa shape index (κ3) is 1.46. The molecular weight excluding hydrogens is 196 g/mol. The fraction of sp³-hybridized carbons (Fsp3) is 0.455. The zero-order chi connectivity index (χ0) is 11.0. The highest BCUT2D eigenvalue weighted by Gasteiger charge is 2.30. The summed E-state index contributed by atoms with van der Waals surface area (Å²) in [7, 11) is 0. The third-order valence-electron chi connectivity index (χ3n) is 2.70. The topological polar surface area (TPSA) is 67.5 Å². The van der Waals surface area contributed by atoms with Gasteiger partial charge < -0.3 is 9.52 Å². The molecule has 1 N–H and O–H groups in total. The molecular formula is C11H12O4. The van der Waals surface area contributed by atoms with Crippen LogP contribution in [-0.4, -0.2) is 16.9 Å². The van der Waals surface area contributed by atoms with Crippen LogP contribution in [0.5, 0.6) is 0 Å². The van der Waals surface area contributed by atoms with E-state index < -0.39 is 5.97 Å². The van der Waals surface area contributed by atoms with E-state index in [1.165, 1.54) is 0 Å². The molecule has 0 aliphatic heterocycles. The lowest BCUT2D eigenvalue weighted by atomic mass is 9.90. The number of ketones is 1. The molecule has 1 aliphatic rings. The number of hydrogen-bond acceptors (Lipinski definition) is 3. The van der Waals surface area contributed by atoms with Crippen molar-refractivity contribution in [1.29, 1.82) is 0 Å². The van der Waals surface area contributed by atoms with Crippen molar-refractivity contribution >= 4 is 11.8 Å². The van der Waals surface area contributed by atoms with Crippen LogP contribution in [0.1, 0.15) is 52.0 Å². The third-order valence-corrected chi connectivity index (χ3v) is 2.70. The number of fused-ring (bicyclic) bond motifs is 1. The van der Waals surface area contributed by atoms with Crippen LogP contribution < -0.4 is 0 Å². The Balaban J connectivity index is 2.62. The van der Waals surface area contributed by atoms with Gasteiger partial charge in [0.15, 0.2) is 5.78 Å². The van der Waals surface area contributed by atoms with E-state index in [4.69, 9.17) is 9.52 Å². The molecule has 0 bridgehead atoms. The van der Waals surface area contributed by atoms with Crippen molar-refractivity contribution in [2.45, 2.75) is 32.6 Å². The summed E-state index contributed by atoms with van der Waals surface area (Å²) < 4.78 is 5.23. The Morgan fingerprint density at radius 2 is 2.20 bits per heavy atom. The highest BCUT2D eigenvalue weighted by molar-refractivity contribution is 6.02. The van der Waals surface area contributed by atoms with Crippen LogP contribution in [0.4, 0.5) is 0 Å². The van der Waals surface area contributed by atoms with Gasteiger partial charge in [-0.3, -0.25) is 4.79 Å². The summed E-state index contributed by atoms with van der Waals surface area (Å²) in [6.07, 6.45) is 2.40. The monoisotopic (exact) mass is 208 g/mol. The van der Waals surface area contributed by atoms with Gasteiger partial charge in [0.05, 0.1) is 5.56 Å². The van der Waals surface area contributed by atoms with Gasteiger partial charge >= 0.3 is 5.97 Å². The molecule has 1 aliphatic carbocycles. The molecule has 2 rings (SSSR count). The van der Waals surface area contributed by atoms with E-state index in [-0.39, 0.29) is 11.5 Å². The smallest absolute Gasteiger partial charge is 0.372 e. The molecule has 0 amide bonds. The van der Waals surface area contributed by atoms with Gasteiger partial charge in [-0.2, -0.15) is 0 Å². The van der Waals surface area contributed by atoms with Crippen LogP contribution in [-0.2, 0) is 12.8 Å². The van der Waals surface area contributed by atoms with Crippen molar-refractivity contribution in [3.05, 3.63) is 22.6 Å². The number of hydrogen-bond donors (Lipinski definition) is 1. The number of carboxylic acids is 1. The molecule has 4 heteroatoms. The Hall–Kier alpha value is -1.58. The van der Waals surface area contributed by atoms with Crippen LogP contribution in [0.25, 0.3) is 0 Å². The Bertz CT molecular complexity index is 428. The fourth-order valence-corrected chi connectivity index (χ4v) is 2.05. The Morgan fingerprint density at radius 3 is 2.80 bits per heavy atom. The Morgan fingerprint density at radius 1 is 1.47 bits per heavy atom. The van der Waals surface area contributed by atoms with E-state index in [0.29, 0.717) is 36.1 Å². The average molecular weight is 208 g/mol. The van der Waals surface area contributed by atoms with Crippen LogP contribution >= 0.6 is 0 Å². The first-order valence-electron chi connectivity index (χ1n) is 5.06. The maximum atomic E-state index is 11.6. The second-order valence-electron chi connectivity index (χ2n) is 3.64. The number of carbonyl (C=O) groups is 2. The lowest BCUT2D eigenvalue weighted by Gasteiger charge is -2.09. The summed E-state index contributed by atoms with van der Waals surface area (Å²) in [5.74, 6) is -0.591. The van der Waals surface area contributed by atoms with Gasteiger partial charge in [0.1, 0.15) is 5.76 Å². The molecule has 15 heavy (non-hydrogen) atoms. The number of aromatic carboxylic acids is 1. The molecule has 0 radical (unpaired) electrons. The van der Waals surface area contributed by atoms with Crippen LogP contribution in [0, 0.1) is 0 Å². The molecule has 4 nitrogen and oxygen atoms in total. The summed E-state index contributed by atoms with van der Waals surface area (Å²) in [4.78, 5) is 22.6. The Kier molecular flexibility index (Phi) is 2.34. The minimum absolute atomic E-state index is 0.0179. The zero-order valence-electron chi connectivity index (χ0n) is 8.50. The van der Waals surface area contributed by atoms with E-state index in [1.807, 2.05) is 6.92 Å². The van der Waals surface area contributed by atoms with Gasteiger partial charge in [-0.1, -0.05) is 6.92 Å². The van der Waals surface area contributed by atoms with Gasteiger partial charge in [-0.15, -0.1) is 0 Å². The van der Waals surface area contributed by atoms with Crippen molar-refractivity contribution in [3.8, 4) is 0 Å². The second-order valence-corrected chi connectivity index (χ2v) is 3.64. The second kappa shape index (κ2) is 3.53. The maximum absolute atomic E-state index is 11.6. The quantitative estimate of drug-likeness (QED) is 0.807. The highest BCUT2D eigenvalue weighted by Crippen LogP contribution is 2.30. The van der Waals surface area contributed by atoms with E-state index >= 15 is 0 Å². The van der Waals surface area contributed by atoms with Gasteiger partial charge in [-0.25, -0.2) is 4.79 Å². The fourth-order valence-electron chi connectivity index (χ4n) is 2.05. The molecule has 1 heterocycles. The SMILES string of the molecule is CCc1oc(C(=O)O)c2c1C(=O)CCC2. The first kappa shape index (κ1) is 9.96. The van der Waals surface area contributed by atoms with Crippen molar-refractivity contribution in [3.63, 3.8) is 0 Å². The van der Waals surface area contributed by atoms with Crippen molar-refractivity contribution < 1.29 is 19.1 Å². The first-order valence-corrected chi connectivity index (χ1v) is 5.06. The predicted molar refractivity (Wildman–Crippen MR) is 52.3 cm³/mol. The van der Waals surface area contributed by atoms with E-state index in [9.17, 15) is 9.59 Å². The molecule has 80 valence electrons. The van der Waals surface area contributed by atoms with Crippen LogP contribution in [0.15, 0.2) is 4.42 Å². The van der Waals surface area contributed by atoms with Gasteiger partial charge in [0, 0.05) is 18.4 Å².